The summed E-state index contributed by atoms with van der Waals surface area (Å²) in [6, 6.07) is 8.33. The van der Waals surface area contributed by atoms with Gasteiger partial charge in [-0.15, -0.1) is 0 Å². The maximum absolute atomic E-state index is 12.8. The van der Waals surface area contributed by atoms with Gasteiger partial charge in [-0.1, -0.05) is 24.3 Å². The Hall–Kier alpha value is -2.14. The fourth-order valence-corrected chi connectivity index (χ4v) is 3.95. The number of rotatable bonds is 2. The Balaban J connectivity index is 1.53. The average molecular weight is 339 g/mol. The lowest BCUT2D eigenvalue weighted by atomic mass is 9.99. The molecule has 2 aliphatic rings. The summed E-state index contributed by atoms with van der Waals surface area (Å²) >= 11 is 0. The minimum atomic E-state index is -0.250. The standard InChI is InChI=1S/C20H25N3O2/c1-13-5-3-4-6-15(13)19-16-9-11-23(12-10-17(16)21-22-19)20(24)18-8-7-14(2)25-18/h3-6,14,18H,7-12H2,1-2H3,(H,21,22)/t14-,18-/m1/s1. The molecule has 2 atom stereocenters. The van der Waals surface area contributed by atoms with Crippen molar-refractivity contribution in [3.05, 3.63) is 41.1 Å². The molecule has 0 saturated carbocycles. The van der Waals surface area contributed by atoms with Crippen molar-refractivity contribution in [2.24, 2.45) is 0 Å². The summed E-state index contributed by atoms with van der Waals surface area (Å²) in [6.45, 7) is 5.62. The van der Waals surface area contributed by atoms with Gasteiger partial charge in [0.15, 0.2) is 0 Å². The zero-order valence-electron chi connectivity index (χ0n) is 14.9. The number of aromatic amines is 1. The van der Waals surface area contributed by atoms with Gasteiger partial charge in [0, 0.05) is 36.3 Å². The van der Waals surface area contributed by atoms with E-state index in [1.165, 1.54) is 16.7 Å². The van der Waals surface area contributed by atoms with E-state index in [0.717, 1.165) is 50.2 Å². The zero-order valence-corrected chi connectivity index (χ0v) is 14.9. The van der Waals surface area contributed by atoms with Crippen LogP contribution in [0.25, 0.3) is 11.3 Å². The van der Waals surface area contributed by atoms with Crippen molar-refractivity contribution in [1.82, 2.24) is 15.1 Å². The Morgan fingerprint density at radius 2 is 2.04 bits per heavy atom. The average Bonchev–Trinajstić information content (AvgIpc) is 3.16. The molecule has 0 radical (unpaired) electrons. The van der Waals surface area contributed by atoms with Gasteiger partial charge in [-0.05, 0) is 38.7 Å². The largest absolute Gasteiger partial charge is 0.365 e. The van der Waals surface area contributed by atoms with Crippen LogP contribution in [0, 0.1) is 6.92 Å². The molecule has 1 saturated heterocycles. The lowest BCUT2D eigenvalue weighted by molar-refractivity contribution is -0.142. The second kappa shape index (κ2) is 6.64. The van der Waals surface area contributed by atoms with Gasteiger partial charge < -0.3 is 9.64 Å². The van der Waals surface area contributed by atoms with Crippen molar-refractivity contribution in [2.45, 2.75) is 51.7 Å². The molecule has 0 unspecified atom stereocenters. The van der Waals surface area contributed by atoms with Gasteiger partial charge in [0.1, 0.15) is 6.10 Å². The molecule has 1 N–H and O–H groups in total. The number of ether oxygens (including phenoxy) is 1. The molecule has 0 spiro atoms. The van der Waals surface area contributed by atoms with Gasteiger partial charge in [0.25, 0.3) is 5.91 Å². The zero-order chi connectivity index (χ0) is 17.4. The lowest BCUT2D eigenvalue weighted by Crippen LogP contribution is -2.40. The first kappa shape index (κ1) is 16.3. The van der Waals surface area contributed by atoms with Gasteiger partial charge in [-0.25, -0.2) is 0 Å². The fourth-order valence-electron chi connectivity index (χ4n) is 3.95. The van der Waals surface area contributed by atoms with Crippen molar-refractivity contribution in [1.29, 1.82) is 0 Å². The minimum absolute atomic E-state index is 0.153. The summed E-state index contributed by atoms with van der Waals surface area (Å²) in [7, 11) is 0. The van der Waals surface area contributed by atoms with Gasteiger partial charge in [0.2, 0.25) is 0 Å². The van der Waals surface area contributed by atoms with Crippen molar-refractivity contribution < 1.29 is 9.53 Å². The quantitative estimate of drug-likeness (QED) is 0.915. The number of fused-ring (bicyclic) bond motifs is 1. The normalized spacial score (nSPS) is 23.4. The van der Waals surface area contributed by atoms with E-state index in [4.69, 9.17) is 4.74 Å². The molecule has 4 rings (SSSR count). The molecule has 1 fully saturated rings. The van der Waals surface area contributed by atoms with Crippen LogP contribution >= 0.6 is 0 Å². The summed E-state index contributed by atoms with van der Waals surface area (Å²) in [5.74, 6) is 0.153. The Bertz CT molecular complexity index is 783. The summed E-state index contributed by atoms with van der Waals surface area (Å²) in [6.07, 6.45) is 3.43. The highest BCUT2D eigenvalue weighted by Gasteiger charge is 2.32. The number of H-pyrrole nitrogens is 1. The Kier molecular flexibility index (Phi) is 4.34. The SMILES string of the molecule is Cc1ccccc1-c1n[nH]c2c1CCN(C(=O)[C@H]1CC[C@@H](C)O1)CC2. The van der Waals surface area contributed by atoms with Gasteiger partial charge in [0.05, 0.1) is 11.8 Å². The van der Waals surface area contributed by atoms with Crippen LogP contribution < -0.4 is 0 Å². The number of hydrogen-bond acceptors (Lipinski definition) is 3. The molecule has 2 aromatic rings. The minimum Gasteiger partial charge on any atom is -0.365 e. The molecule has 25 heavy (non-hydrogen) atoms. The molecule has 0 bridgehead atoms. The molecule has 1 aromatic carbocycles. The highest BCUT2D eigenvalue weighted by molar-refractivity contribution is 5.81. The third-order valence-electron chi connectivity index (χ3n) is 5.44. The van der Waals surface area contributed by atoms with E-state index in [-0.39, 0.29) is 18.1 Å². The van der Waals surface area contributed by atoms with E-state index in [1.54, 1.807) is 0 Å². The van der Waals surface area contributed by atoms with Crippen LogP contribution in [-0.2, 0) is 22.4 Å². The number of aromatic nitrogens is 2. The van der Waals surface area contributed by atoms with Gasteiger partial charge >= 0.3 is 0 Å². The van der Waals surface area contributed by atoms with Crippen LogP contribution in [-0.4, -0.2) is 46.3 Å². The highest BCUT2D eigenvalue weighted by atomic mass is 16.5. The number of carbonyl (C=O) groups excluding carboxylic acids is 1. The monoisotopic (exact) mass is 339 g/mol. The second-order valence-corrected chi connectivity index (χ2v) is 7.18. The molecular formula is C20H25N3O2. The molecular weight excluding hydrogens is 314 g/mol. The molecule has 1 aromatic heterocycles. The Labute approximate surface area is 148 Å². The first-order chi connectivity index (χ1) is 12.1. The van der Waals surface area contributed by atoms with Crippen LogP contribution in [0.5, 0.6) is 0 Å². The summed E-state index contributed by atoms with van der Waals surface area (Å²) in [5, 5.41) is 7.78. The molecule has 2 aliphatic heterocycles. The number of benzene rings is 1. The molecule has 132 valence electrons. The number of nitrogens with one attached hydrogen (secondary N) is 1. The van der Waals surface area contributed by atoms with Crippen LogP contribution in [0.15, 0.2) is 24.3 Å². The van der Waals surface area contributed by atoms with E-state index in [1.807, 2.05) is 17.9 Å². The van der Waals surface area contributed by atoms with Crippen molar-refractivity contribution in [3.8, 4) is 11.3 Å². The molecule has 5 nitrogen and oxygen atoms in total. The summed E-state index contributed by atoms with van der Waals surface area (Å²) in [5.41, 5.74) is 5.85. The highest BCUT2D eigenvalue weighted by Crippen LogP contribution is 2.29. The summed E-state index contributed by atoms with van der Waals surface area (Å²) < 4.78 is 5.77. The van der Waals surface area contributed by atoms with Crippen LogP contribution in [0.1, 0.15) is 36.6 Å². The third kappa shape index (κ3) is 3.09. The van der Waals surface area contributed by atoms with E-state index in [9.17, 15) is 4.79 Å². The number of hydrogen-bond donors (Lipinski definition) is 1. The number of aryl methyl sites for hydroxylation is 1. The lowest BCUT2D eigenvalue weighted by Gasteiger charge is -2.23. The molecule has 5 heteroatoms. The molecule has 3 heterocycles. The van der Waals surface area contributed by atoms with E-state index in [0.29, 0.717) is 0 Å². The Morgan fingerprint density at radius 3 is 2.80 bits per heavy atom. The maximum atomic E-state index is 12.8. The van der Waals surface area contributed by atoms with Crippen LogP contribution in [0.2, 0.25) is 0 Å². The van der Waals surface area contributed by atoms with Crippen molar-refractivity contribution in [2.75, 3.05) is 13.1 Å². The predicted octanol–water partition coefficient (Wildman–Crippen LogP) is 2.88. The third-order valence-corrected chi connectivity index (χ3v) is 5.44. The van der Waals surface area contributed by atoms with Crippen LogP contribution in [0.4, 0.5) is 0 Å². The first-order valence-corrected chi connectivity index (χ1v) is 9.20. The fraction of sp³-hybridized carbons (Fsp3) is 0.500. The maximum Gasteiger partial charge on any atom is 0.251 e. The van der Waals surface area contributed by atoms with E-state index < -0.39 is 0 Å². The number of amides is 1. The number of nitrogens with zero attached hydrogens (tertiary/aromatic N) is 2. The molecule has 1 amide bonds. The molecule has 0 aliphatic carbocycles. The smallest absolute Gasteiger partial charge is 0.251 e. The van der Waals surface area contributed by atoms with E-state index >= 15 is 0 Å². The topological polar surface area (TPSA) is 58.2 Å². The van der Waals surface area contributed by atoms with Crippen molar-refractivity contribution in [3.63, 3.8) is 0 Å². The number of carbonyl (C=O) groups is 1. The van der Waals surface area contributed by atoms with Gasteiger partial charge in [-0.2, -0.15) is 5.10 Å². The van der Waals surface area contributed by atoms with Crippen LogP contribution in [0.3, 0.4) is 0 Å². The van der Waals surface area contributed by atoms with E-state index in [2.05, 4.69) is 35.3 Å². The second-order valence-electron chi connectivity index (χ2n) is 7.18. The summed E-state index contributed by atoms with van der Waals surface area (Å²) in [4.78, 5) is 14.7. The van der Waals surface area contributed by atoms with Gasteiger partial charge in [-0.3, -0.25) is 9.89 Å². The van der Waals surface area contributed by atoms with Crippen molar-refractivity contribution >= 4 is 5.91 Å². The Morgan fingerprint density at radius 1 is 1.24 bits per heavy atom. The predicted molar refractivity (Wildman–Crippen MR) is 96.3 cm³/mol. The first-order valence-electron chi connectivity index (χ1n) is 9.20.